The van der Waals surface area contributed by atoms with Crippen molar-refractivity contribution in [3.05, 3.63) is 70.9 Å². The molecule has 3 heterocycles. The minimum absolute atomic E-state index is 0.0259. The number of piperazine rings is 1. The monoisotopic (exact) mass is 387 g/mol. The van der Waals surface area contributed by atoms with E-state index in [1.807, 2.05) is 24.0 Å². The van der Waals surface area contributed by atoms with Gasteiger partial charge in [-0.15, -0.1) is 0 Å². The van der Waals surface area contributed by atoms with Crippen LogP contribution in [0.5, 0.6) is 0 Å². The molecule has 29 heavy (non-hydrogen) atoms. The van der Waals surface area contributed by atoms with E-state index in [4.69, 9.17) is 0 Å². The second-order valence-corrected chi connectivity index (χ2v) is 8.16. The Hall–Kier alpha value is -3.08. The van der Waals surface area contributed by atoms with Crippen molar-refractivity contribution in [2.75, 3.05) is 13.1 Å². The number of hydrogen-bond donors (Lipinski definition) is 1. The molecule has 2 aliphatic heterocycles. The van der Waals surface area contributed by atoms with Crippen LogP contribution in [0.4, 0.5) is 0 Å². The molecule has 2 atom stereocenters. The number of nitrogens with zero attached hydrogens (tertiary/aromatic N) is 2. The van der Waals surface area contributed by atoms with Crippen LogP contribution in [0, 0.1) is 6.92 Å². The summed E-state index contributed by atoms with van der Waals surface area (Å²) in [5.41, 5.74) is 5.47. The van der Waals surface area contributed by atoms with E-state index in [0.717, 1.165) is 34.1 Å². The lowest BCUT2D eigenvalue weighted by atomic mass is 9.86. The van der Waals surface area contributed by atoms with E-state index >= 15 is 0 Å². The van der Waals surface area contributed by atoms with Crippen LogP contribution < -0.4 is 0 Å². The average molecular weight is 387 g/mol. The number of carbonyl (C=O) groups excluding carboxylic acids is 2. The predicted molar refractivity (Wildman–Crippen MR) is 113 cm³/mol. The molecule has 2 unspecified atom stereocenters. The molecule has 0 radical (unpaired) electrons. The molecule has 5 rings (SSSR count). The minimum atomic E-state index is -0.444. The predicted octanol–water partition coefficient (Wildman–Crippen LogP) is 3.57. The molecule has 1 N–H and O–H groups in total. The Bertz CT molecular complexity index is 1100. The fraction of sp³-hybridized carbons (Fsp3) is 0.333. The molecule has 1 aromatic heterocycles. The molecule has 2 aromatic carbocycles. The number of fused-ring (bicyclic) bond motifs is 4. The topological polar surface area (TPSA) is 56.4 Å². The van der Waals surface area contributed by atoms with E-state index in [0.29, 0.717) is 13.0 Å². The number of nitrogens with one attached hydrogen (secondary N) is 1. The van der Waals surface area contributed by atoms with E-state index in [-0.39, 0.29) is 24.4 Å². The van der Waals surface area contributed by atoms with Crippen molar-refractivity contribution in [2.24, 2.45) is 0 Å². The van der Waals surface area contributed by atoms with Gasteiger partial charge in [0.2, 0.25) is 11.8 Å². The van der Waals surface area contributed by atoms with E-state index in [9.17, 15) is 9.59 Å². The highest BCUT2D eigenvalue weighted by Gasteiger charge is 2.47. The largest absolute Gasteiger partial charge is 0.356 e. The van der Waals surface area contributed by atoms with Gasteiger partial charge in [0, 0.05) is 29.6 Å². The molecular formula is C24H25N3O2. The van der Waals surface area contributed by atoms with Crippen molar-refractivity contribution in [1.29, 1.82) is 0 Å². The number of H-pyrrole nitrogens is 1. The second kappa shape index (κ2) is 6.76. The minimum Gasteiger partial charge on any atom is -0.356 e. The highest BCUT2D eigenvalue weighted by Crippen LogP contribution is 2.42. The van der Waals surface area contributed by atoms with Crippen molar-refractivity contribution in [3.63, 3.8) is 0 Å². The number of carbonyl (C=O) groups is 2. The van der Waals surface area contributed by atoms with E-state index in [1.54, 1.807) is 4.90 Å². The maximum atomic E-state index is 13.3. The van der Waals surface area contributed by atoms with Crippen molar-refractivity contribution < 1.29 is 9.59 Å². The number of aryl methyl sites for hydroxylation is 1. The van der Waals surface area contributed by atoms with Crippen molar-refractivity contribution >= 4 is 22.7 Å². The molecule has 0 saturated carbocycles. The van der Waals surface area contributed by atoms with Gasteiger partial charge in [0.15, 0.2) is 0 Å². The Morgan fingerprint density at radius 3 is 2.59 bits per heavy atom. The third-order valence-corrected chi connectivity index (χ3v) is 6.23. The zero-order chi connectivity index (χ0) is 20.1. The third kappa shape index (κ3) is 2.76. The number of amides is 2. The van der Waals surface area contributed by atoms with Crippen LogP contribution in [-0.4, -0.2) is 45.7 Å². The van der Waals surface area contributed by atoms with Crippen LogP contribution in [0.25, 0.3) is 10.9 Å². The van der Waals surface area contributed by atoms with Gasteiger partial charge in [-0.05, 0) is 30.5 Å². The zero-order valence-electron chi connectivity index (χ0n) is 16.8. The molecule has 0 spiro atoms. The van der Waals surface area contributed by atoms with Gasteiger partial charge >= 0.3 is 0 Å². The van der Waals surface area contributed by atoms with E-state index in [1.165, 1.54) is 5.56 Å². The Balaban J connectivity index is 1.70. The fourth-order valence-electron chi connectivity index (χ4n) is 4.88. The molecule has 1 saturated heterocycles. The lowest BCUT2D eigenvalue weighted by Crippen LogP contribution is -2.63. The van der Waals surface area contributed by atoms with Gasteiger partial charge in [-0.2, -0.15) is 0 Å². The summed E-state index contributed by atoms with van der Waals surface area (Å²) in [6.45, 7) is 4.89. The fourth-order valence-corrected chi connectivity index (χ4v) is 4.88. The summed E-state index contributed by atoms with van der Waals surface area (Å²) in [6.07, 6.45) is 1.41. The number of benzene rings is 2. The van der Waals surface area contributed by atoms with Crippen molar-refractivity contribution in [3.8, 4) is 0 Å². The first-order valence-electron chi connectivity index (χ1n) is 10.3. The molecular weight excluding hydrogens is 362 g/mol. The van der Waals surface area contributed by atoms with Gasteiger partial charge in [0.1, 0.15) is 6.04 Å². The average Bonchev–Trinajstić information content (AvgIpc) is 3.10. The number of hydrogen-bond acceptors (Lipinski definition) is 2. The van der Waals surface area contributed by atoms with Crippen molar-refractivity contribution in [1.82, 2.24) is 14.8 Å². The lowest BCUT2D eigenvalue weighted by molar-refractivity contribution is -0.158. The van der Waals surface area contributed by atoms with E-state index in [2.05, 4.69) is 48.3 Å². The number of para-hydroxylation sites is 1. The maximum Gasteiger partial charge on any atom is 0.246 e. The summed E-state index contributed by atoms with van der Waals surface area (Å²) in [5.74, 6) is 0.0948. The molecule has 5 nitrogen and oxygen atoms in total. The summed E-state index contributed by atoms with van der Waals surface area (Å²) in [6, 6.07) is 15.8. The van der Waals surface area contributed by atoms with Gasteiger partial charge < -0.3 is 14.8 Å². The highest BCUT2D eigenvalue weighted by atomic mass is 16.2. The lowest BCUT2D eigenvalue weighted by Gasteiger charge is -2.47. The number of aromatic nitrogens is 1. The first kappa shape index (κ1) is 18.0. The van der Waals surface area contributed by atoms with Gasteiger partial charge in [-0.1, -0.05) is 55.0 Å². The van der Waals surface area contributed by atoms with Crippen LogP contribution in [0.3, 0.4) is 0 Å². The standard InChI is InChI=1S/C24H25N3O2/c1-3-12-26-14-21(28)27-20(24(26)29)13-18-17-6-4-5-7-19(17)25-22(18)23(27)16-10-8-15(2)9-11-16/h4-11,20,23,25H,3,12-14H2,1-2H3. The van der Waals surface area contributed by atoms with Gasteiger partial charge in [0.25, 0.3) is 0 Å². The Kier molecular flexibility index (Phi) is 4.19. The SMILES string of the molecule is CCCN1CC(=O)N2C(Cc3c([nH]c4ccccc34)C2c2ccc(C)cc2)C1=O. The van der Waals surface area contributed by atoms with Crippen molar-refractivity contribution in [2.45, 2.75) is 38.8 Å². The zero-order valence-corrected chi connectivity index (χ0v) is 16.8. The molecule has 3 aromatic rings. The van der Waals surface area contributed by atoms with Crippen LogP contribution >= 0.6 is 0 Å². The summed E-state index contributed by atoms with van der Waals surface area (Å²) < 4.78 is 0. The third-order valence-electron chi connectivity index (χ3n) is 6.23. The summed E-state index contributed by atoms with van der Waals surface area (Å²) in [5, 5.41) is 1.15. The molecule has 2 amide bonds. The van der Waals surface area contributed by atoms with Gasteiger partial charge in [-0.25, -0.2) is 0 Å². The van der Waals surface area contributed by atoms with Gasteiger partial charge in [0.05, 0.1) is 12.6 Å². The number of aromatic amines is 1. The first-order valence-corrected chi connectivity index (χ1v) is 10.3. The maximum absolute atomic E-state index is 13.3. The smallest absolute Gasteiger partial charge is 0.246 e. The Morgan fingerprint density at radius 1 is 1.07 bits per heavy atom. The normalized spacial score (nSPS) is 21.4. The molecule has 148 valence electrons. The quantitative estimate of drug-likeness (QED) is 0.747. The van der Waals surface area contributed by atoms with E-state index < -0.39 is 6.04 Å². The molecule has 0 aliphatic carbocycles. The van der Waals surface area contributed by atoms with Crippen LogP contribution in [0.2, 0.25) is 0 Å². The summed E-state index contributed by atoms with van der Waals surface area (Å²) >= 11 is 0. The second-order valence-electron chi connectivity index (χ2n) is 8.16. The van der Waals surface area contributed by atoms with Gasteiger partial charge in [-0.3, -0.25) is 9.59 Å². The summed E-state index contributed by atoms with van der Waals surface area (Å²) in [7, 11) is 0. The number of rotatable bonds is 3. The molecule has 1 fully saturated rings. The molecule has 5 heteroatoms. The van der Waals surface area contributed by atoms with Crippen LogP contribution in [0.15, 0.2) is 48.5 Å². The van der Waals surface area contributed by atoms with Crippen LogP contribution in [-0.2, 0) is 16.0 Å². The Morgan fingerprint density at radius 2 is 1.83 bits per heavy atom. The molecule has 0 bridgehead atoms. The molecule has 2 aliphatic rings. The Labute approximate surface area is 170 Å². The summed E-state index contributed by atoms with van der Waals surface area (Å²) in [4.78, 5) is 33.7. The van der Waals surface area contributed by atoms with Crippen LogP contribution in [0.1, 0.15) is 41.8 Å². The first-order chi connectivity index (χ1) is 14.1. The highest BCUT2D eigenvalue weighted by molar-refractivity contribution is 5.97.